The van der Waals surface area contributed by atoms with E-state index in [0.29, 0.717) is 11.1 Å². The second-order valence-electron chi connectivity index (χ2n) is 5.01. The van der Waals surface area contributed by atoms with E-state index in [1.165, 1.54) is 6.07 Å². The van der Waals surface area contributed by atoms with Gasteiger partial charge in [0, 0.05) is 23.8 Å². The third kappa shape index (κ3) is 4.79. The van der Waals surface area contributed by atoms with Gasteiger partial charge in [-0.3, -0.25) is 0 Å². The molecule has 27 heavy (non-hydrogen) atoms. The van der Waals surface area contributed by atoms with Crippen molar-refractivity contribution in [2.75, 3.05) is 0 Å². The molecule has 0 aliphatic heterocycles. The number of ether oxygens (including phenoxy) is 3. The van der Waals surface area contributed by atoms with E-state index in [-0.39, 0.29) is 17.2 Å². The summed E-state index contributed by atoms with van der Waals surface area (Å²) in [6.45, 7) is 10.00. The summed E-state index contributed by atoms with van der Waals surface area (Å²) in [6.07, 6.45) is 2.82. The zero-order valence-corrected chi connectivity index (χ0v) is 14.3. The predicted octanol–water partition coefficient (Wildman–Crippen LogP) is 3.63. The van der Waals surface area contributed by atoms with Crippen molar-refractivity contribution in [2.45, 2.75) is 0 Å². The van der Waals surface area contributed by atoms with Crippen molar-refractivity contribution in [2.24, 2.45) is 0 Å². The summed E-state index contributed by atoms with van der Waals surface area (Å²) >= 11 is 0. The van der Waals surface area contributed by atoms with Crippen LogP contribution in [0.2, 0.25) is 0 Å². The van der Waals surface area contributed by atoms with Gasteiger partial charge in [0.15, 0.2) is 11.5 Å². The lowest BCUT2D eigenvalue weighted by Crippen LogP contribution is -2.12. The highest BCUT2D eigenvalue weighted by atomic mass is 16.6. The lowest BCUT2D eigenvalue weighted by molar-refractivity contribution is -0.132. The highest BCUT2D eigenvalue weighted by molar-refractivity contribution is 5.91. The van der Waals surface area contributed by atoms with Crippen LogP contribution >= 0.6 is 0 Å². The number of rotatable bonds is 7. The van der Waals surface area contributed by atoms with Crippen LogP contribution in [0.1, 0.15) is 0 Å². The Kier molecular flexibility index (Phi) is 6.44. The molecule has 136 valence electrons. The third-order valence-corrected chi connectivity index (χ3v) is 3.28. The van der Waals surface area contributed by atoms with Crippen LogP contribution in [0.5, 0.6) is 17.2 Å². The van der Waals surface area contributed by atoms with Crippen molar-refractivity contribution in [3.63, 3.8) is 0 Å². The zero-order valence-electron chi connectivity index (χ0n) is 14.3. The number of hydrogen-bond donors (Lipinski definition) is 0. The third-order valence-electron chi connectivity index (χ3n) is 3.28. The van der Waals surface area contributed by atoms with E-state index in [1.807, 2.05) is 6.07 Å². The van der Waals surface area contributed by atoms with Gasteiger partial charge in [0.2, 0.25) is 5.75 Å². The second kappa shape index (κ2) is 8.96. The topological polar surface area (TPSA) is 78.9 Å². The summed E-state index contributed by atoms with van der Waals surface area (Å²) in [6, 6.07) is 11.9. The molecule has 0 radical (unpaired) electrons. The second-order valence-corrected chi connectivity index (χ2v) is 5.01. The zero-order chi connectivity index (χ0) is 19.8. The lowest BCUT2D eigenvalue weighted by atomic mass is 10.0. The van der Waals surface area contributed by atoms with Crippen molar-refractivity contribution in [1.82, 2.24) is 0 Å². The number of hydrogen-bond acceptors (Lipinski definition) is 6. The first-order valence-electron chi connectivity index (χ1n) is 7.75. The Labute approximate surface area is 156 Å². The van der Waals surface area contributed by atoms with Gasteiger partial charge in [0.25, 0.3) is 0 Å². The fraction of sp³-hybridized carbons (Fsp3) is 0. The van der Waals surface area contributed by atoms with Crippen LogP contribution in [0.25, 0.3) is 11.1 Å². The fourth-order valence-electron chi connectivity index (χ4n) is 2.10. The van der Waals surface area contributed by atoms with Gasteiger partial charge in [0.05, 0.1) is 0 Å². The van der Waals surface area contributed by atoms with E-state index in [9.17, 15) is 14.4 Å². The van der Waals surface area contributed by atoms with E-state index >= 15 is 0 Å². The predicted molar refractivity (Wildman–Crippen MR) is 99.4 cm³/mol. The fourth-order valence-corrected chi connectivity index (χ4v) is 2.10. The molecule has 0 aliphatic carbocycles. The highest BCUT2D eigenvalue weighted by Crippen LogP contribution is 2.45. The Bertz CT molecular complexity index is 912. The number of benzene rings is 2. The monoisotopic (exact) mass is 364 g/mol. The van der Waals surface area contributed by atoms with Gasteiger partial charge in [-0.15, -0.1) is 0 Å². The first-order valence-corrected chi connectivity index (χ1v) is 7.75. The van der Waals surface area contributed by atoms with Crippen LogP contribution < -0.4 is 14.2 Å². The molecule has 0 spiro atoms. The molecular weight excluding hydrogens is 348 g/mol. The summed E-state index contributed by atoms with van der Waals surface area (Å²) in [4.78, 5) is 35.2. The largest absolute Gasteiger partial charge is 0.419 e. The van der Waals surface area contributed by atoms with E-state index in [4.69, 9.17) is 14.2 Å². The van der Waals surface area contributed by atoms with E-state index in [1.54, 1.807) is 30.3 Å². The van der Waals surface area contributed by atoms with Gasteiger partial charge in [-0.2, -0.15) is 0 Å². The van der Waals surface area contributed by atoms with Gasteiger partial charge >= 0.3 is 17.9 Å². The van der Waals surface area contributed by atoms with Gasteiger partial charge in [-0.05, 0) is 17.7 Å². The molecule has 2 aromatic carbocycles. The average Bonchev–Trinajstić information content (AvgIpc) is 2.70. The van der Waals surface area contributed by atoms with E-state index < -0.39 is 17.9 Å². The summed E-state index contributed by atoms with van der Waals surface area (Å²) in [5.41, 5.74) is 1.12. The summed E-state index contributed by atoms with van der Waals surface area (Å²) in [5, 5.41) is 0. The molecule has 0 saturated carbocycles. The molecule has 0 amide bonds. The molecule has 0 atom stereocenters. The molecule has 0 heterocycles. The number of carbonyl (C=O) groups is 3. The molecule has 0 fully saturated rings. The quantitative estimate of drug-likeness (QED) is 0.424. The maximum Gasteiger partial charge on any atom is 0.335 e. The van der Waals surface area contributed by atoms with Crippen molar-refractivity contribution in [3.05, 3.63) is 80.4 Å². The van der Waals surface area contributed by atoms with Gasteiger partial charge in [-0.1, -0.05) is 50.1 Å². The minimum absolute atomic E-state index is 0.101. The van der Waals surface area contributed by atoms with Crippen molar-refractivity contribution < 1.29 is 28.6 Å². The molecule has 0 bridgehead atoms. The number of esters is 3. The average molecular weight is 364 g/mol. The Morgan fingerprint density at radius 2 is 1.19 bits per heavy atom. The Hall–Kier alpha value is -3.93. The van der Waals surface area contributed by atoms with Crippen LogP contribution in [0, 0.1) is 0 Å². The van der Waals surface area contributed by atoms with Gasteiger partial charge < -0.3 is 14.2 Å². The molecular formula is C21H16O6. The van der Waals surface area contributed by atoms with Crippen LogP contribution in [-0.4, -0.2) is 17.9 Å². The molecule has 2 aromatic rings. The Balaban J connectivity index is 2.72. The van der Waals surface area contributed by atoms with Crippen LogP contribution in [0.15, 0.2) is 80.4 Å². The van der Waals surface area contributed by atoms with E-state index in [2.05, 4.69) is 19.7 Å². The normalized spacial score (nSPS) is 9.63. The highest BCUT2D eigenvalue weighted by Gasteiger charge is 2.23. The first-order chi connectivity index (χ1) is 13.0. The molecule has 0 N–H and O–H groups in total. The van der Waals surface area contributed by atoms with Crippen LogP contribution in [0.3, 0.4) is 0 Å². The lowest BCUT2D eigenvalue weighted by Gasteiger charge is -2.16. The maximum atomic E-state index is 11.8. The smallest absolute Gasteiger partial charge is 0.335 e. The van der Waals surface area contributed by atoms with E-state index in [0.717, 1.165) is 18.2 Å². The van der Waals surface area contributed by atoms with Crippen molar-refractivity contribution in [3.8, 4) is 28.4 Å². The summed E-state index contributed by atoms with van der Waals surface area (Å²) in [5.74, 6) is -2.86. The Morgan fingerprint density at radius 3 is 1.74 bits per heavy atom. The molecule has 0 unspecified atom stereocenters. The summed E-state index contributed by atoms with van der Waals surface area (Å²) in [7, 11) is 0. The standard InChI is InChI=1S/C21H16O6/c1-4-17(22)25-16-13-12-15(14-10-8-7-9-11-14)20(26-18(23)5-2)21(16)27-19(24)6-3/h4-13H,1-3H2. The number of carbonyl (C=O) groups excluding carboxylic acids is 3. The Morgan fingerprint density at radius 1 is 0.667 bits per heavy atom. The maximum absolute atomic E-state index is 11.8. The molecule has 6 heteroatoms. The van der Waals surface area contributed by atoms with Crippen LogP contribution in [-0.2, 0) is 14.4 Å². The minimum atomic E-state index is -0.827. The van der Waals surface area contributed by atoms with Crippen molar-refractivity contribution in [1.29, 1.82) is 0 Å². The first kappa shape index (κ1) is 19.4. The van der Waals surface area contributed by atoms with Gasteiger partial charge in [-0.25, -0.2) is 14.4 Å². The molecule has 0 aliphatic rings. The van der Waals surface area contributed by atoms with Gasteiger partial charge in [0.1, 0.15) is 0 Å². The SMILES string of the molecule is C=CC(=O)Oc1ccc(-c2ccccc2)c(OC(=O)C=C)c1OC(=O)C=C. The summed E-state index contributed by atoms with van der Waals surface area (Å²) < 4.78 is 15.6. The van der Waals surface area contributed by atoms with Crippen LogP contribution in [0.4, 0.5) is 0 Å². The minimum Gasteiger partial charge on any atom is -0.419 e. The molecule has 0 aromatic heterocycles. The molecule has 2 rings (SSSR count). The molecule has 0 saturated heterocycles. The molecule has 6 nitrogen and oxygen atoms in total. The van der Waals surface area contributed by atoms with Crippen molar-refractivity contribution >= 4 is 17.9 Å².